The van der Waals surface area contributed by atoms with Gasteiger partial charge in [-0.1, -0.05) is 0 Å². The Labute approximate surface area is 112 Å². The molecular formula is C14H17N3O2. The van der Waals surface area contributed by atoms with Gasteiger partial charge in [-0.25, -0.2) is 9.48 Å². The smallest absolute Gasteiger partial charge is 0.338 e. The first-order chi connectivity index (χ1) is 9.02. The first-order valence-electron chi connectivity index (χ1n) is 6.13. The predicted octanol–water partition coefficient (Wildman–Crippen LogP) is 2.25. The standard InChI is InChI=1S/C14H17N3O2/c1-4-19-14(18)11-5-6-13(12(15)8-11)17-10(3)7-9(2)16-17/h5-8H,4,15H2,1-3H3. The average Bonchev–Trinajstić information content (AvgIpc) is 2.68. The Hall–Kier alpha value is -2.30. The van der Waals surface area contributed by atoms with Crippen LogP contribution in [-0.2, 0) is 4.74 Å². The molecule has 5 nitrogen and oxygen atoms in total. The van der Waals surface area contributed by atoms with Crippen molar-refractivity contribution in [1.29, 1.82) is 0 Å². The van der Waals surface area contributed by atoms with Gasteiger partial charge >= 0.3 is 5.97 Å². The molecule has 0 spiro atoms. The summed E-state index contributed by atoms with van der Waals surface area (Å²) in [7, 11) is 0. The van der Waals surface area contributed by atoms with Crippen molar-refractivity contribution in [2.24, 2.45) is 0 Å². The van der Waals surface area contributed by atoms with E-state index >= 15 is 0 Å². The maximum atomic E-state index is 11.6. The zero-order valence-corrected chi connectivity index (χ0v) is 11.3. The molecule has 0 saturated heterocycles. The second-order valence-corrected chi connectivity index (χ2v) is 4.33. The Balaban J connectivity index is 2.40. The number of hydrogen-bond acceptors (Lipinski definition) is 4. The third-order valence-electron chi connectivity index (χ3n) is 2.78. The number of rotatable bonds is 3. The summed E-state index contributed by atoms with van der Waals surface area (Å²) in [5.74, 6) is -0.367. The van der Waals surface area contributed by atoms with E-state index in [1.807, 2.05) is 19.9 Å². The minimum atomic E-state index is -0.367. The van der Waals surface area contributed by atoms with Crippen LogP contribution in [0.4, 0.5) is 5.69 Å². The second kappa shape index (κ2) is 5.14. The van der Waals surface area contributed by atoms with E-state index in [1.165, 1.54) is 0 Å². The van der Waals surface area contributed by atoms with Crippen molar-refractivity contribution >= 4 is 11.7 Å². The van der Waals surface area contributed by atoms with Gasteiger partial charge in [-0.3, -0.25) is 0 Å². The highest BCUT2D eigenvalue weighted by atomic mass is 16.5. The summed E-state index contributed by atoms with van der Waals surface area (Å²) in [5.41, 5.74) is 9.62. The normalized spacial score (nSPS) is 10.5. The highest BCUT2D eigenvalue weighted by molar-refractivity contribution is 5.91. The molecule has 5 heteroatoms. The summed E-state index contributed by atoms with van der Waals surface area (Å²) in [6, 6.07) is 7.06. The summed E-state index contributed by atoms with van der Waals surface area (Å²) >= 11 is 0. The fourth-order valence-corrected chi connectivity index (χ4v) is 1.96. The Morgan fingerprint density at radius 3 is 2.63 bits per heavy atom. The lowest BCUT2D eigenvalue weighted by Gasteiger charge is -2.09. The number of carbonyl (C=O) groups excluding carboxylic acids is 1. The van der Waals surface area contributed by atoms with Crippen molar-refractivity contribution in [1.82, 2.24) is 9.78 Å². The molecule has 0 aliphatic carbocycles. The second-order valence-electron chi connectivity index (χ2n) is 4.33. The SMILES string of the molecule is CCOC(=O)c1ccc(-n2nc(C)cc2C)c(N)c1. The first-order valence-corrected chi connectivity index (χ1v) is 6.13. The summed E-state index contributed by atoms with van der Waals surface area (Å²) < 4.78 is 6.70. The molecule has 1 aromatic heterocycles. The van der Waals surface area contributed by atoms with Crippen molar-refractivity contribution in [3.05, 3.63) is 41.2 Å². The van der Waals surface area contributed by atoms with Crippen LogP contribution in [0.1, 0.15) is 28.7 Å². The van der Waals surface area contributed by atoms with Crippen LogP contribution >= 0.6 is 0 Å². The molecule has 0 amide bonds. The zero-order valence-electron chi connectivity index (χ0n) is 11.3. The van der Waals surface area contributed by atoms with E-state index in [-0.39, 0.29) is 5.97 Å². The van der Waals surface area contributed by atoms with Crippen molar-refractivity contribution in [2.75, 3.05) is 12.3 Å². The Morgan fingerprint density at radius 2 is 2.11 bits per heavy atom. The van der Waals surface area contributed by atoms with Gasteiger partial charge in [0.1, 0.15) is 0 Å². The third kappa shape index (κ3) is 2.59. The van der Waals surface area contributed by atoms with Gasteiger partial charge in [0, 0.05) is 5.69 Å². The van der Waals surface area contributed by atoms with Gasteiger partial charge < -0.3 is 10.5 Å². The van der Waals surface area contributed by atoms with E-state index in [0.717, 1.165) is 17.1 Å². The molecule has 0 aliphatic heterocycles. The lowest BCUT2D eigenvalue weighted by molar-refractivity contribution is 0.0526. The van der Waals surface area contributed by atoms with Crippen LogP contribution in [0, 0.1) is 13.8 Å². The van der Waals surface area contributed by atoms with E-state index in [2.05, 4.69) is 5.10 Å². The number of nitrogen functional groups attached to an aromatic ring is 1. The summed E-state index contributed by atoms with van der Waals surface area (Å²) in [6.45, 7) is 5.99. The molecule has 0 saturated carbocycles. The van der Waals surface area contributed by atoms with Gasteiger partial charge in [0.15, 0.2) is 0 Å². The van der Waals surface area contributed by atoms with Crippen LogP contribution in [-0.4, -0.2) is 22.4 Å². The van der Waals surface area contributed by atoms with Crippen LogP contribution < -0.4 is 5.73 Å². The molecule has 1 aromatic carbocycles. The number of hydrogen-bond donors (Lipinski definition) is 1. The number of aryl methyl sites for hydroxylation is 2. The van der Waals surface area contributed by atoms with Crippen LogP contribution in [0.15, 0.2) is 24.3 Å². The number of nitrogens with zero attached hydrogens (tertiary/aromatic N) is 2. The topological polar surface area (TPSA) is 70.1 Å². The summed E-state index contributed by atoms with van der Waals surface area (Å²) in [5, 5.41) is 4.37. The lowest BCUT2D eigenvalue weighted by atomic mass is 10.1. The number of ether oxygens (including phenoxy) is 1. The molecule has 0 aliphatic rings. The molecule has 2 rings (SSSR count). The van der Waals surface area contributed by atoms with E-state index in [4.69, 9.17) is 10.5 Å². The average molecular weight is 259 g/mol. The van der Waals surface area contributed by atoms with Gasteiger partial charge in [-0.15, -0.1) is 0 Å². The number of esters is 1. The highest BCUT2D eigenvalue weighted by Crippen LogP contribution is 2.21. The summed E-state index contributed by atoms with van der Waals surface area (Å²) in [4.78, 5) is 11.6. The molecular weight excluding hydrogens is 242 g/mol. The first kappa shape index (κ1) is 13.1. The van der Waals surface area contributed by atoms with E-state index in [9.17, 15) is 4.79 Å². The molecule has 19 heavy (non-hydrogen) atoms. The minimum absolute atomic E-state index is 0.345. The molecule has 0 bridgehead atoms. The highest BCUT2D eigenvalue weighted by Gasteiger charge is 2.11. The van der Waals surface area contributed by atoms with Crippen LogP contribution in [0.25, 0.3) is 5.69 Å². The predicted molar refractivity (Wildman–Crippen MR) is 73.4 cm³/mol. The fourth-order valence-electron chi connectivity index (χ4n) is 1.96. The largest absolute Gasteiger partial charge is 0.462 e. The van der Waals surface area contributed by atoms with Crippen molar-refractivity contribution in [2.45, 2.75) is 20.8 Å². The van der Waals surface area contributed by atoms with Crippen LogP contribution in [0.3, 0.4) is 0 Å². The van der Waals surface area contributed by atoms with Gasteiger partial charge in [-0.2, -0.15) is 5.10 Å². The molecule has 1 heterocycles. The molecule has 0 radical (unpaired) electrons. The van der Waals surface area contributed by atoms with E-state index < -0.39 is 0 Å². The summed E-state index contributed by atoms with van der Waals surface area (Å²) in [6.07, 6.45) is 0. The van der Waals surface area contributed by atoms with Crippen molar-refractivity contribution in [3.8, 4) is 5.69 Å². The monoisotopic (exact) mass is 259 g/mol. The Morgan fingerprint density at radius 1 is 1.37 bits per heavy atom. The Bertz CT molecular complexity index is 617. The quantitative estimate of drug-likeness (QED) is 0.678. The number of benzene rings is 1. The molecule has 0 atom stereocenters. The fraction of sp³-hybridized carbons (Fsp3) is 0.286. The Kier molecular flexibility index (Phi) is 3.55. The number of carbonyl (C=O) groups is 1. The maximum Gasteiger partial charge on any atom is 0.338 e. The molecule has 0 unspecified atom stereocenters. The number of anilines is 1. The van der Waals surface area contributed by atoms with E-state index in [1.54, 1.807) is 29.8 Å². The molecule has 100 valence electrons. The molecule has 2 aromatic rings. The molecule has 0 fully saturated rings. The van der Waals surface area contributed by atoms with Gasteiger partial charge in [0.05, 0.1) is 29.2 Å². The van der Waals surface area contributed by atoms with E-state index in [0.29, 0.717) is 17.9 Å². The minimum Gasteiger partial charge on any atom is -0.462 e. The van der Waals surface area contributed by atoms with Crippen LogP contribution in [0.5, 0.6) is 0 Å². The van der Waals surface area contributed by atoms with Gasteiger partial charge in [-0.05, 0) is 45.0 Å². The number of nitrogens with two attached hydrogens (primary N) is 1. The lowest BCUT2D eigenvalue weighted by Crippen LogP contribution is -2.08. The van der Waals surface area contributed by atoms with Crippen LogP contribution in [0.2, 0.25) is 0 Å². The van der Waals surface area contributed by atoms with Crippen molar-refractivity contribution < 1.29 is 9.53 Å². The van der Waals surface area contributed by atoms with Gasteiger partial charge in [0.25, 0.3) is 0 Å². The number of aromatic nitrogens is 2. The molecule has 2 N–H and O–H groups in total. The van der Waals surface area contributed by atoms with Gasteiger partial charge in [0.2, 0.25) is 0 Å². The third-order valence-corrected chi connectivity index (χ3v) is 2.78. The van der Waals surface area contributed by atoms with Crippen molar-refractivity contribution in [3.63, 3.8) is 0 Å². The maximum absolute atomic E-state index is 11.6. The zero-order chi connectivity index (χ0) is 14.0.